The molecule has 0 amide bonds. The van der Waals surface area contributed by atoms with Gasteiger partial charge in [-0.05, 0) is 33.0 Å². The molecule has 1 aliphatic rings. The van der Waals surface area contributed by atoms with Crippen LogP contribution in [0, 0.1) is 0 Å². The third kappa shape index (κ3) is 2.82. The number of nitrogens with zero attached hydrogens (tertiary/aromatic N) is 3. The van der Waals surface area contributed by atoms with E-state index in [4.69, 9.17) is 0 Å². The molecular weight excluding hydrogens is 202 g/mol. The van der Waals surface area contributed by atoms with Crippen molar-refractivity contribution >= 4 is 11.6 Å². The van der Waals surface area contributed by atoms with Crippen molar-refractivity contribution in [2.45, 2.75) is 18.9 Å². The molecule has 0 atom stereocenters. The van der Waals surface area contributed by atoms with Crippen LogP contribution in [0.4, 0.5) is 11.6 Å². The van der Waals surface area contributed by atoms with Crippen LogP contribution < -0.4 is 10.6 Å². The van der Waals surface area contributed by atoms with Crippen molar-refractivity contribution in [1.82, 2.24) is 14.9 Å². The molecule has 16 heavy (non-hydrogen) atoms. The monoisotopic (exact) mass is 221 g/mol. The molecule has 1 aliphatic heterocycles. The first-order chi connectivity index (χ1) is 7.78. The Bertz CT molecular complexity index is 333. The molecule has 2 N–H and O–H groups in total. The van der Waals surface area contributed by atoms with Crippen molar-refractivity contribution in [3.8, 4) is 0 Å². The Labute approximate surface area is 96.3 Å². The van der Waals surface area contributed by atoms with Gasteiger partial charge >= 0.3 is 0 Å². The molecular formula is C11H19N5. The predicted molar refractivity (Wildman–Crippen MR) is 65.7 cm³/mol. The van der Waals surface area contributed by atoms with E-state index in [1.165, 1.54) is 12.8 Å². The van der Waals surface area contributed by atoms with Crippen LogP contribution in [-0.4, -0.2) is 48.1 Å². The van der Waals surface area contributed by atoms with Gasteiger partial charge in [-0.15, -0.1) is 0 Å². The predicted octanol–water partition coefficient (Wildman–Crippen LogP) is 1.02. The number of likely N-dealkylation sites (tertiary alicyclic amines) is 1. The number of piperidine rings is 1. The number of rotatable bonds is 3. The highest BCUT2D eigenvalue weighted by atomic mass is 15.1. The maximum Gasteiger partial charge on any atom is 0.131 e. The maximum atomic E-state index is 4.22. The molecule has 0 aromatic carbocycles. The summed E-state index contributed by atoms with van der Waals surface area (Å²) >= 11 is 0. The van der Waals surface area contributed by atoms with Crippen molar-refractivity contribution in [1.29, 1.82) is 0 Å². The first kappa shape index (κ1) is 11.1. The SMILES string of the molecule is CNc1cc(NC2CCN(C)CC2)ncn1. The largest absolute Gasteiger partial charge is 0.373 e. The summed E-state index contributed by atoms with van der Waals surface area (Å²) in [5, 5.41) is 6.47. The van der Waals surface area contributed by atoms with Crippen LogP contribution in [0.1, 0.15) is 12.8 Å². The van der Waals surface area contributed by atoms with E-state index < -0.39 is 0 Å². The molecule has 0 bridgehead atoms. The molecule has 5 heteroatoms. The van der Waals surface area contributed by atoms with Crippen molar-refractivity contribution in [2.24, 2.45) is 0 Å². The molecule has 1 aromatic rings. The minimum Gasteiger partial charge on any atom is -0.373 e. The lowest BCUT2D eigenvalue weighted by atomic mass is 10.1. The Hall–Kier alpha value is -1.36. The number of hydrogen-bond donors (Lipinski definition) is 2. The highest BCUT2D eigenvalue weighted by molar-refractivity contribution is 5.46. The Kier molecular flexibility index (Phi) is 3.56. The second kappa shape index (κ2) is 5.12. The summed E-state index contributed by atoms with van der Waals surface area (Å²) < 4.78 is 0. The standard InChI is InChI=1S/C11H19N5/c1-12-10-7-11(14-8-13-10)15-9-3-5-16(2)6-4-9/h7-9H,3-6H2,1-2H3,(H2,12,13,14,15). The van der Waals surface area contributed by atoms with Crippen LogP contribution >= 0.6 is 0 Å². The van der Waals surface area contributed by atoms with Crippen molar-refractivity contribution in [3.63, 3.8) is 0 Å². The molecule has 0 unspecified atom stereocenters. The van der Waals surface area contributed by atoms with E-state index in [0.717, 1.165) is 24.7 Å². The van der Waals surface area contributed by atoms with Crippen molar-refractivity contribution < 1.29 is 0 Å². The fraction of sp³-hybridized carbons (Fsp3) is 0.636. The van der Waals surface area contributed by atoms with Crippen molar-refractivity contribution in [2.75, 3.05) is 37.8 Å². The van der Waals surface area contributed by atoms with Crippen LogP contribution in [0.5, 0.6) is 0 Å². The lowest BCUT2D eigenvalue weighted by molar-refractivity contribution is 0.263. The average molecular weight is 221 g/mol. The van der Waals surface area contributed by atoms with E-state index in [9.17, 15) is 0 Å². The van der Waals surface area contributed by atoms with Crippen LogP contribution in [0.25, 0.3) is 0 Å². The Morgan fingerprint density at radius 2 is 1.94 bits per heavy atom. The topological polar surface area (TPSA) is 53.1 Å². The molecule has 2 heterocycles. The molecule has 0 radical (unpaired) electrons. The van der Waals surface area contributed by atoms with Crippen LogP contribution in [-0.2, 0) is 0 Å². The number of hydrogen-bond acceptors (Lipinski definition) is 5. The molecule has 2 rings (SSSR count). The van der Waals surface area contributed by atoms with Gasteiger partial charge in [0.15, 0.2) is 0 Å². The summed E-state index contributed by atoms with van der Waals surface area (Å²) in [6.07, 6.45) is 3.94. The first-order valence-corrected chi connectivity index (χ1v) is 5.73. The summed E-state index contributed by atoms with van der Waals surface area (Å²) in [5.41, 5.74) is 0. The van der Waals surface area contributed by atoms with E-state index in [2.05, 4.69) is 32.5 Å². The Morgan fingerprint density at radius 1 is 1.25 bits per heavy atom. The van der Waals surface area contributed by atoms with Gasteiger partial charge in [0.2, 0.25) is 0 Å². The van der Waals surface area contributed by atoms with Crippen LogP contribution in [0.3, 0.4) is 0 Å². The molecule has 1 aromatic heterocycles. The van der Waals surface area contributed by atoms with E-state index in [1.807, 2.05) is 13.1 Å². The summed E-state index contributed by atoms with van der Waals surface area (Å²) in [6, 6.07) is 2.48. The van der Waals surface area contributed by atoms with Gasteiger partial charge in [-0.1, -0.05) is 0 Å². The Balaban J connectivity index is 1.93. The Morgan fingerprint density at radius 3 is 2.62 bits per heavy atom. The minimum absolute atomic E-state index is 0.538. The van der Waals surface area contributed by atoms with Gasteiger partial charge in [0.05, 0.1) is 0 Å². The second-order valence-corrected chi connectivity index (χ2v) is 4.26. The van der Waals surface area contributed by atoms with Crippen molar-refractivity contribution in [3.05, 3.63) is 12.4 Å². The molecule has 5 nitrogen and oxygen atoms in total. The van der Waals surface area contributed by atoms with E-state index >= 15 is 0 Å². The summed E-state index contributed by atoms with van der Waals surface area (Å²) in [7, 11) is 4.03. The van der Waals surface area contributed by atoms with Gasteiger partial charge in [0, 0.05) is 19.2 Å². The van der Waals surface area contributed by atoms with Gasteiger partial charge < -0.3 is 15.5 Å². The quantitative estimate of drug-likeness (QED) is 0.798. The second-order valence-electron chi connectivity index (χ2n) is 4.26. The maximum absolute atomic E-state index is 4.22. The molecule has 1 fully saturated rings. The zero-order valence-electron chi connectivity index (χ0n) is 9.90. The molecule has 1 saturated heterocycles. The number of aromatic nitrogens is 2. The van der Waals surface area contributed by atoms with E-state index in [1.54, 1.807) is 6.33 Å². The fourth-order valence-electron chi connectivity index (χ4n) is 1.94. The van der Waals surface area contributed by atoms with Gasteiger partial charge in [-0.2, -0.15) is 0 Å². The van der Waals surface area contributed by atoms with Crippen LogP contribution in [0.2, 0.25) is 0 Å². The fourth-order valence-corrected chi connectivity index (χ4v) is 1.94. The molecule has 0 aliphatic carbocycles. The lowest BCUT2D eigenvalue weighted by Gasteiger charge is -2.29. The summed E-state index contributed by atoms with van der Waals surface area (Å²) in [4.78, 5) is 10.7. The van der Waals surface area contributed by atoms with E-state index in [-0.39, 0.29) is 0 Å². The third-order valence-electron chi connectivity index (χ3n) is 2.99. The molecule has 0 spiro atoms. The lowest BCUT2D eigenvalue weighted by Crippen LogP contribution is -2.36. The van der Waals surface area contributed by atoms with Crippen LogP contribution in [0.15, 0.2) is 12.4 Å². The normalized spacial score (nSPS) is 18.4. The number of nitrogens with one attached hydrogen (secondary N) is 2. The zero-order valence-corrected chi connectivity index (χ0v) is 9.90. The smallest absolute Gasteiger partial charge is 0.131 e. The highest BCUT2D eigenvalue weighted by Crippen LogP contribution is 2.15. The minimum atomic E-state index is 0.538. The average Bonchev–Trinajstić information content (AvgIpc) is 2.32. The van der Waals surface area contributed by atoms with Gasteiger partial charge in [-0.25, -0.2) is 9.97 Å². The summed E-state index contributed by atoms with van der Waals surface area (Å²) in [5.74, 6) is 1.76. The highest BCUT2D eigenvalue weighted by Gasteiger charge is 2.16. The third-order valence-corrected chi connectivity index (χ3v) is 2.99. The number of anilines is 2. The van der Waals surface area contributed by atoms with Gasteiger partial charge in [0.1, 0.15) is 18.0 Å². The zero-order chi connectivity index (χ0) is 11.4. The van der Waals surface area contributed by atoms with Gasteiger partial charge in [0.25, 0.3) is 0 Å². The summed E-state index contributed by atoms with van der Waals surface area (Å²) in [6.45, 7) is 2.31. The molecule has 88 valence electrons. The van der Waals surface area contributed by atoms with Gasteiger partial charge in [-0.3, -0.25) is 0 Å². The first-order valence-electron chi connectivity index (χ1n) is 5.73. The van der Waals surface area contributed by atoms with E-state index in [0.29, 0.717) is 6.04 Å². The molecule has 0 saturated carbocycles.